The van der Waals surface area contributed by atoms with E-state index in [0.29, 0.717) is 0 Å². The van der Waals surface area contributed by atoms with Crippen LogP contribution in [0.1, 0.15) is 43.2 Å². The second-order valence-electron chi connectivity index (χ2n) is 6.02. The van der Waals surface area contributed by atoms with Crippen LogP contribution in [0.2, 0.25) is 0 Å². The van der Waals surface area contributed by atoms with Gasteiger partial charge < -0.3 is 10.2 Å². The summed E-state index contributed by atoms with van der Waals surface area (Å²) in [6, 6.07) is 9.70. The summed E-state index contributed by atoms with van der Waals surface area (Å²) in [5.74, 6) is 0. The lowest BCUT2D eigenvalue weighted by molar-refractivity contribution is 0.317. The highest BCUT2D eigenvalue weighted by Gasteiger charge is 2.19. The highest BCUT2D eigenvalue weighted by molar-refractivity contribution is 5.21. The van der Waals surface area contributed by atoms with Gasteiger partial charge in [-0.05, 0) is 58.3 Å². The van der Waals surface area contributed by atoms with Crippen molar-refractivity contribution in [1.29, 1.82) is 0 Å². The Bertz CT molecular complexity index is 371. The molecular weight excluding hydrogens is 232 g/mol. The summed E-state index contributed by atoms with van der Waals surface area (Å²) in [5, 5.41) is 3.58. The number of benzene rings is 1. The van der Waals surface area contributed by atoms with Crippen LogP contribution in [-0.2, 0) is 6.54 Å². The van der Waals surface area contributed by atoms with Gasteiger partial charge in [-0.2, -0.15) is 0 Å². The van der Waals surface area contributed by atoms with Gasteiger partial charge in [0, 0.05) is 12.6 Å². The fourth-order valence-electron chi connectivity index (χ4n) is 2.48. The molecule has 0 bridgehead atoms. The van der Waals surface area contributed by atoms with E-state index in [9.17, 15) is 0 Å². The largest absolute Gasteiger partial charge is 0.314 e. The van der Waals surface area contributed by atoms with Crippen molar-refractivity contribution in [2.45, 2.75) is 51.6 Å². The Balaban J connectivity index is 1.52. The van der Waals surface area contributed by atoms with Gasteiger partial charge in [0.1, 0.15) is 0 Å². The Morgan fingerprint density at radius 1 is 1.21 bits per heavy atom. The molecule has 0 amide bonds. The van der Waals surface area contributed by atoms with Gasteiger partial charge >= 0.3 is 0 Å². The molecule has 0 spiro atoms. The number of hydrogen-bond donors (Lipinski definition) is 1. The predicted molar refractivity (Wildman–Crippen MR) is 82.4 cm³/mol. The van der Waals surface area contributed by atoms with Crippen molar-refractivity contribution in [3.05, 3.63) is 35.4 Å². The molecule has 1 aliphatic carbocycles. The van der Waals surface area contributed by atoms with Crippen LogP contribution in [0.25, 0.3) is 0 Å². The average Bonchev–Trinajstić information content (AvgIpc) is 3.17. The van der Waals surface area contributed by atoms with E-state index in [1.807, 2.05) is 0 Å². The van der Waals surface area contributed by atoms with E-state index in [4.69, 9.17) is 0 Å². The molecule has 1 aliphatic rings. The molecule has 2 nitrogen and oxygen atoms in total. The van der Waals surface area contributed by atoms with Crippen LogP contribution in [-0.4, -0.2) is 31.1 Å². The molecule has 1 aromatic carbocycles. The van der Waals surface area contributed by atoms with Crippen molar-refractivity contribution < 1.29 is 0 Å². The zero-order valence-corrected chi connectivity index (χ0v) is 12.5. The first kappa shape index (κ1) is 14.5. The van der Waals surface area contributed by atoms with Crippen LogP contribution in [0.5, 0.6) is 0 Å². The summed E-state index contributed by atoms with van der Waals surface area (Å²) >= 11 is 0. The fourth-order valence-corrected chi connectivity index (χ4v) is 2.48. The Morgan fingerprint density at radius 3 is 2.79 bits per heavy atom. The van der Waals surface area contributed by atoms with E-state index >= 15 is 0 Å². The van der Waals surface area contributed by atoms with Gasteiger partial charge in [0.15, 0.2) is 0 Å². The van der Waals surface area contributed by atoms with Crippen LogP contribution < -0.4 is 5.32 Å². The fraction of sp³-hybridized carbons (Fsp3) is 0.647. The normalized spacial score (nSPS) is 15.1. The van der Waals surface area contributed by atoms with E-state index in [1.54, 1.807) is 0 Å². The lowest BCUT2D eigenvalue weighted by Gasteiger charge is -2.17. The van der Waals surface area contributed by atoms with Crippen molar-refractivity contribution >= 4 is 0 Å². The molecule has 0 aliphatic heterocycles. The Kier molecular flexibility index (Phi) is 5.87. The molecule has 0 aromatic heterocycles. The van der Waals surface area contributed by atoms with Gasteiger partial charge in [-0.1, -0.05) is 36.2 Å². The van der Waals surface area contributed by atoms with E-state index in [1.165, 1.54) is 56.3 Å². The zero-order chi connectivity index (χ0) is 13.5. The Hall–Kier alpha value is -0.860. The summed E-state index contributed by atoms with van der Waals surface area (Å²) in [5.41, 5.74) is 2.79. The van der Waals surface area contributed by atoms with Crippen LogP contribution in [0.4, 0.5) is 0 Å². The van der Waals surface area contributed by atoms with Gasteiger partial charge in [-0.15, -0.1) is 0 Å². The minimum atomic E-state index is 0.865. The molecule has 19 heavy (non-hydrogen) atoms. The third kappa shape index (κ3) is 6.22. The van der Waals surface area contributed by atoms with Crippen molar-refractivity contribution in [1.82, 2.24) is 10.2 Å². The van der Waals surface area contributed by atoms with Gasteiger partial charge in [0.2, 0.25) is 0 Å². The van der Waals surface area contributed by atoms with Crippen LogP contribution in [0.15, 0.2) is 24.3 Å². The maximum Gasteiger partial charge on any atom is 0.0230 e. The molecule has 1 N–H and O–H groups in total. The van der Waals surface area contributed by atoms with Crippen LogP contribution >= 0.6 is 0 Å². The number of unbranched alkanes of at least 4 members (excludes halogenated alkanes) is 2. The molecule has 0 saturated heterocycles. The highest BCUT2D eigenvalue weighted by Crippen LogP contribution is 2.18. The first-order valence-electron chi connectivity index (χ1n) is 7.71. The van der Waals surface area contributed by atoms with Crippen molar-refractivity contribution in [3.8, 4) is 0 Å². The average molecular weight is 260 g/mol. The van der Waals surface area contributed by atoms with Gasteiger partial charge in [0.05, 0.1) is 0 Å². The minimum Gasteiger partial charge on any atom is -0.314 e. The molecule has 1 fully saturated rings. The summed E-state index contributed by atoms with van der Waals surface area (Å²) in [6.45, 7) is 5.65. The molecule has 0 radical (unpaired) electrons. The number of aryl methyl sites for hydroxylation is 1. The molecule has 0 heterocycles. The minimum absolute atomic E-state index is 0.865. The molecule has 0 unspecified atom stereocenters. The molecule has 1 aromatic rings. The van der Waals surface area contributed by atoms with E-state index in [2.05, 4.69) is 48.5 Å². The number of nitrogens with zero attached hydrogens (tertiary/aromatic N) is 1. The van der Waals surface area contributed by atoms with Crippen LogP contribution in [0, 0.1) is 6.92 Å². The van der Waals surface area contributed by atoms with Crippen molar-refractivity contribution in [2.24, 2.45) is 0 Å². The number of rotatable bonds is 9. The number of nitrogens with one attached hydrogen (secondary N) is 1. The Labute approximate surface area is 118 Å². The van der Waals surface area contributed by atoms with Crippen molar-refractivity contribution in [2.75, 3.05) is 20.1 Å². The molecular formula is C17H28N2. The van der Waals surface area contributed by atoms with E-state index in [0.717, 1.165) is 12.6 Å². The third-order valence-electron chi connectivity index (χ3n) is 3.76. The standard InChI is InChI=1S/C17H28N2/c1-15-7-6-8-16(13-15)14-19(2)12-5-3-4-11-18-17-9-10-17/h6-8,13,17-18H,3-5,9-12,14H2,1-2H3. The highest BCUT2D eigenvalue weighted by atomic mass is 15.1. The second-order valence-corrected chi connectivity index (χ2v) is 6.02. The summed E-state index contributed by atoms with van der Waals surface area (Å²) < 4.78 is 0. The van der Waals surface area contributed by atoms with E-state index in [-0.39, 0.29) is 0 Å². The van der Waals surface area contributed by atoms with Crippen molar-refractivity contribution in [3.63, 3.8) is 0 Å². The first-order chi connectivity index (χ1) is 9.24. The lowest BCUT2D eigenvalue weighted by Crippen LogP contribution is -2.20. The van der Waals surface area contributed by atoms with Gasteiger partial charge in [0.25, 0.3) is 0 Å². The zero-order valence-electron chi connectivity index (χ0n) is 12.5. The molecule has 0 atom stereocenters. The van der Waals surface area contributed by atoms with E-state index < -0.39 is 0 Å². The van der Waals surface area contributed by atoms with Gasteiger partial charge in [-0.3, -0.25) is 0 Å². The molecule has 1 saturated carbocycles. The first-order valence-corrected chi connectivity index (χ1v) is 7.71. The summed E-state index contributed by atoms with van der Waals surface area (Å²) in [6.07, 6.45) is 6.79. The smallest absolute Gasteiger partial charge is 0.0230 e. The molecule has 2 heteroatoms. The third-order valence-corrected chi connectivity index (χ3v) is 3.76. The second kappa shape index (κ2) is 7.66. The number of hydrogen-bond acceptors (Lipinski definition) is 2. The maximum absolute atomic E-state index is 3.58. The Morgan fingerprint density at radius 2 is 2.05 bits per heavy atom. The van der Waals surface area contributed by atoms with Crippen LogP contribution in [0.3, 0.4) is 0 Å². The lowest BCUT2D eigenvalue weighted by atomic mass is 10.1. The topological polar surface area (TPSA) is 15.3 Å². The van der Waals surface area contributed by atoms with Gasteiger partial charge in [-0.25, -0.2) is 0 Å². The predicted octanol–water partition coefficient (Wildman–Crippen LogP) is 3.35. The molecule has 2 rings (SSSR count). The summed E-state index contributed by atoms with van der Waals surface area (Å²) in [7, 11) is 2.23. The quantitative estimate of drug-likeness (QED) is 0.685. The SMILES string of the molecule is Cc1cccc(CN(C)CCCCCNC2CC2)c1. The maximum atomic E-state index is 3.58. The summed E-state index contributed by atoms with van der Waals surface area (Å²) in [4.78, 5) is 2.43. The monoisotopic (exact) mass is 260 g/mol. The molecule has 106 valence electrons.